The van der Waals surface area contributed by atoms with Gasteiger partial charge in [0.2, 0.25) is 5.91 Å². The number of nitrogens with zero attached hydrogens (tertiary/aromatic N) is 1. The monoisotopic (exact) mass is 1150 g/mol. The van der Waals surface area contributed by atoms with E-state index < -0.39 is 26.6 Å². The Hall–Kier alpha value is -2.55. The van der Waals surface area contributed by atoms with Crippen molar-refractivity contribution in [2.75, 3.05) is 40.9 Å². The van der Waals surface area contributed by atoms with Gasteiger partial charge in [-0.2, -0.15) is 0 Å². The average molecular weight is 1160 g/mol. The van der Waals surface area contributed by atoms with Crippen LogP contribution in [0.4, 0.5) is 0 Å². The van der Waals surface area contributed by atoms with E-state index in [9.17, 15) is 19.0 Å². The number of carbonyl (C=O) groups excluding carboxylic acids is 2. The van der Waals surface area contributed by atoms with E-state index in [1.54, 1.807) is 0 Å². The molecule has 10 heteroatoms. The Labute approximate surface area is 502 Å². The summed E-state index contributed by atoms with van der Waals surface area (Å²) >= 11 is 0. The number of unbranched alkanes of at least 4 members (excludes halogenated alkanes) is 36. The Morgan fingerprint density at radius 3 is 1.16 bits per heavy atom. The van der Waals surface area contributed by atoms with Crippen LogP contribution in [0.5, 0.6) is 0 Å². The molecule has 0 aliphatic carbocycles. The third-order valence-electron chi connectivity index (χ3n) is 15.1. The normalized spacial score (nSPS) is 14.0. The second kappa shape index (κ2) is 60.6. The molecule has 0 radical (unpaired) electrons. The molecule has 0 saturated heterocycles. The Balaban J connectivity index is 5.04. The molecule has 0 fully saturated rings. The zero-order chi connectivity index (χ0) is 59.3. The molecule has 0 rings (SSSR count). The number of hydrogen-bond acceptors (Lipinski definition) is 7. The lowest BCUT2D eigenvalue weighted by Crippen LogP contribution is -2.47. The first-order valence-corrected chi connectivity index (χ1v) is 35.7. The molecule has 0 aromatic rings. The number of esters is 1. The van der Waals surface area contributed by atoms with Crippen LogP contribution in [0.25, 0.3) is 0 Å². The third kappa shape index (κ3) is 61.8. The minimum absolute atomic E-state index is 0.0248. The smallest absolute Gasteiger partial charge is 0.306 e. The molecule has 0 aliphatic rings. The van der Waals surface area contributed by atoms with Gasteiger partial charge < -0.3 is 28.5 Å². The Morgan fingerprint density at radius 2 is 0.753 bits per heavy atom. The first-order chi connectivity index (χ1) is 39.4. The van der Waals surface area contributed by atoms with E-state index in [2.05, 4.69) is 86.8 Å². The van der Waals surface area contributed by atoms with Crippen LogP contribution < -0.4 is 10.2 Å². The van der Waals surface area contributed by atoms with Gasteiger partial charge in [0.25, 0.3) is 7.82 Å². The molecular weight excluding hydrogens is 1020 g/mol. The maximum absolute atomic E-state index is 13.5. The molecule has 81 heavy (non-hydrogen) atoms. The SMILES string of the molecule is CCCCC/C=C\C/C=C\C/C=C\C/C=C\CCCCCCCCCCCCCC(=O)OC(/C=C\CCCCCCCCCCC)C(COP(=O)([O-])OCC[N+](C)(C)C)NC(=O)CCCCCCCCC/C=C/CCCCCCCC. The van der Waals surface area contributed by atoms with Gasteiger partial charge in [-0.1, -0.05) is 274 Å². The summed E-state index contributed by atoms with van der Waals surface area (Å²) in [6.07, 6.45) is 78.8. The van der Waals surface area contributed by atoms with Gasteiger partial charge in [-0.05, 0) is 102 Å². The number of likely N-dealkylation sites (N-methyl/N-ethyl adjacent to an activating group) is 1. The highest BCUT2D eigenvalue weighted by molar-refractivity contribution is 7.45. The van der Waals surface area contributed by atoms with Gasteiger partial charge in [0.15, 0.2) is 0 Å². The topological polar surface area (TPSA) is 114 Å². The number of allylic oxidation sites excluding steroid dienone is 11. The van der Waals surface area contributed by atoms with E-state index in [1.165, 1.54) is 193 Å². The van der Waals surface area contributed by atoms with Crippen LogP contribution in [-0.4, -0.2) is 69.4 Å². The summed E-state index contributed by atoms with van der Waals surface area (Å²) in [6.45, 7) is 6.82. The molecule has 0 aromatic carbocycles. The van der Waals surface area contributed by atoms with Gasteiger partial charge in [0.05, 0.1) is 33.8 Å². The third-order valence-corrected chi connectivity index (χ3v) is 16.1. The van der Waals surface area contributed by atoms with Gasteiger partial charge in [-0.15, -0.1) is 0 Å². The first kappa shape index (κ1) is 78.5. The predicted octanol–water partition coefficient (Wildman–Crippen LogP) is 20.9. The molecule has 3 atom stereocenters. The zero-order valence-electron chi connectivity index (χ0n) is 54.0. The lowest BCUT2D eigenvalue weighted by atomic mass is 10.0. The second-order valence-electron chi connectivity index (χ2n) is 24.3. The fourth-order valence-corrected chi connectivity index (χ4v) is 10.5. The molecule has 0 bridgehead atoms. The molecule has 0 saturated carbocycles. The summed E-state index contributed by atoms with van der Waals surface area (Å²) in [5, 5.41) is 3.03. The van der Waals surface area contributed by atoms with E-state index >= 15 is 0 Å². The van der Waals surface area contributed by atoms with Gasteiger partial charge in [0, 0.05) is 12.8 Å². The van der Waals surface area contributed by atoms with Crippen molar-refractivity contribution in [2.24, 2.45) is 0 Å². The van der Waals surface area contributed by atoms with E-state index in [0.717, 1.165) is 89.9 Å². The van der Waals surface area contributed by atoms with E-state index in [-0.39, 0.29) is 24.9 Å². The molecule has 3 unspecified atom stereocenters. The van der Waals surface area contributed by atoms with E-state index in [0.29, 0.717) is 17.4 Å². The lowest BCUT2D eigenvalue weighted by Gasteiger charge is -2.30. The number of rotatable bonds is 62. The van der Waals surface area contributed by atoms with Gasteiger partial charge in [-0.3, -0.25) is 14.2 Å². The maximum atomic E-state index is 13.5. The summed E-state index contributed by atoms with van der Waals surface area (Å²) < 4.78 is 30.4. The molecule has 1 amide bonds. The summed E-state index contributed by atoms with van der Waals surface area (Å²) in [4.78, 5) is 40.1. The van der Waals surface area contributed by atoms with Gasteiger partial charge in [-0.25, -0.2) is 0 Å². The van der Waals surface area contributed by atoms with Crippen molar-refractivity contribution in [3.63, 3.8) is 0 Å². The molecule has 0 spiro atoms. The van der Waals surface area contributed by atoms with Crippen LogP contribution in [0.1, 0.15) is 316 Å². The quantitative estimate of drug-likeness (QED) is 0.0212. The van der Waals surface area contributed by atoms with Crippen molar-refractivity contribution in [2.45, 2.75) is 328 Å². The fourth-order valence-electron chi connectivity index (χ4n) is 9.80. The highest BCUT2D eigenvalue weighted by Crippen LogP contribution is 2.38. The van der Waals surface area contributed by atoms with Crippen LogP contribution >= 0.6 is 7.82 Å². The molecule has 472 valence electrons. The van der Waals surface area contributed by atoms with Crippen LogP contribution in [0, 0.1) is 0 Å². The molecule has 0 aromatic heterocycles. The first-order valence-electron chi connectivity index (χ1n) is 34.2. The standard InChI is InChI=1S/C71H131N2O7P/c1-7-10-13-16-19-22-25-27-29-31-32-33-34-35-36-37-38-39-40-42-44-46-49-52-55-58-61-64-71(75)80-69(62-59-56-53-50-47-24-21-18-15-12-9-3)68(67-79-81(76,77)78-66-65-73(4,5)6)72-70(74)63-60-57-54-51-48-45-43-41-30-28-26-23-20-17-14-11-8-2/h19,22,27-30,32-33,35-36,59,62,68-69H,7-18,20-21,23-26,31,34,37-58,60-61,63-67H2,1-6H3,(H-,72,74,76,77)/b22-19-,29-27-,30-28+,33-32-,36-35-,62-59-. The van der Waals surface area contributed by atoms with Crippen LogP contribution in [0.15, 0.2) is 72.9 Å². The molecule has 9 nitrogen and oxygen atoms in total. The predicted molar refractivity (Wildman–Crippen MR) is 348 cm³/mol. The van der Waals surface area contributed by atoms with Gasteiger partial charge >= 0.3 is 5.97 Å². The number of hydrogen-bond donors (Lipinski definition) is 1. The van der Waals surface area contributed by atoms with E-state index in [4.69, 9.17) is 13.8 Å². The van der Waals surface area contributed by atoms with E-state index in [1.807, 2.05) is 33.3 Å². The summed E-state index contributed by atoms with van der Waals surface area (Å²) in [7, 11) is 1.18. The number of amides is 1. The number of ether oxygens (including phenoxy) is 1. The van der Waals surface area contributed by atoms with Crippen molar-refractivity contribution in [3.05, 3.63) is 72.9 Å². The van der Waals surface area contributed by atoms with Crippen molar-refractivity contribution >= 4 is 19.7 Å². The van der Waals surface area contributed by atoms with Crippen molar-refractivity contribution in [3.8, 4) is 0 Å². The zero-order valence-corrected chi connectivity index (χ0v) is 54.9. The summed E-state index contributed by atoms with van der Waals surface area (Å²) in [5.41, 5.74) is 0. The highest BCUT2D eigenvalue weighted by Gasteiger charge is 2.27. The van der Waals surface area contributed by atoms with Crippen molar-refractivity contribution in [1.29, 1.82) is 0 Å². The fraction of sp³-hybridized carbons (Fsp3) is 0.803. The Bertz CT molecular complexity index is 1620. The number of quaternary nitrogens is 1. The Morgan fingerprint density at radius 1 is 0.432 bits per heavy atom. The molecular formula is C71H131N2O7P. The Kier molecular flexibility index (Phi) is 58.7. The minimum Gasteiger partial charge on any atom is -0.756 e. The average Bonchev–Trinajstić information content (AvgIpc) is 3.44. The second-order valence-corrected chi connectivity index (χ2v) is 25.7. The lowest BCUT2D eigenvalue weighted by molar-refractivity contribution is -0.870. The molecule has 0 aliphatic heterocycles. The summed E-state index contributed by atoms with van der Waals surface area (Å²) in [6, 6.07) is -0.894. The largest absolute Gasteiger partial charge is 0.756 e. The molecule has 1 N–H and O–H groups in total. The highest BCUT2D eigenvalue weighted by atomic mass is 31.2. The number of phosphoric acid groups is 1. The van der Waals surface area contributed by atoms with Crippen molar-refractivity contribution in [1.82, 2.24) is 5.32 Å². The van der Waals surface area contributed by atoms with Gasteiger partial charge in [0.1, 0.15) is 19.3 Å². The number of carbonyl (C=O) groups is 2. The van der Waals surface area contributed by atoms with Crippen LogP contribution in [-0.2, 0) is 27.9 Å². The molecule has 0 heterocycles. The van der Waals surface area contributed by atoms with Crippen molar-refractivity contribution < 1.29 is 37.3 Å². The van der Waals surface area contributed by atoms with Crippen LogP contribution in [0.3, 0.4) is 0 Å². The minimum atomic E-state index is -4.70. The number of phosphoric ester groups is 1. The summed E-state index contributed by atoms with van der Waals surface area (Å²) in [5.74, 6) is -0.543. The maximum Gasteiger partial charge on any atom is 0.306 e. The van der Waals surface area contributed by atoms with Crippen LogP contribution in [0.2, 0.25) is 0 Å². The number of nitrogens with one attached hydrogen (secondary N) is 1.